The van der Waals surface area contributed by atoms with Crippen LogP contribution in [0.4, 0.5) is 8.78 Å². The SMILES string of the molecule is CC(=O)NC1CCCN(S(=O)(=O)c2ccccc2OC(F)F)C1. The second-order valence-electron chi connectivity index (χ2n) is 5.23. The van der Waals surface area contributed by atoms with Crippen LogP contribution in [-0.2, 0) is 14.8 Å². The predicted molar refractivity (Wildman–Crippen MR) is 78.7 cm³/mol. The van der Waals surface area contributed by atoms with Crippen LogP contribution in [0.15, 0.2) is 29.2 Å². The van der Waals surface area contributed by atoms with Crippen LogP contribution in [0, 0.1) is 0 Å². The van der Waals surface area contributed by atoms with Gasteiger partial charge in [0, 0.05) is 26.1 Å². The van der Waals surface area contributed by atoms with Crippen molar-refractivity contribution in [3.8, 4) is 5.75 Å². The number of carbonyl (C=O) groups excluding carboxylic acids is 1. The lowest BCUT2D eigenvalue weighted by Crippen LogP contribution is -2.49. The number of nitrogens with zero attached hydrogens (tertiary/aromatic N) is 1. The van der Waals surface area contributed by atoms with E-state index >= 15 is 0 Å². The van der Waals surface area contributed by atoms with Crippen molar-refractivity contribution in [3.63, 3.8) is 0 Å². The Kier molecular flexibility index (Phi) is 5.53. The van der Waals surface area contributed by atoms with Gasteiger partial charge in [0.15, 0.2) is 0 Å². The van der Waals surface area contributed by atoms with Crippen molar-refractivity contribution in [1.29, 1.82) is 0 Å². The molecule has 1 fully saturated rings. The van der Waals surface area contributed by atoms with Crippen molar-refractivity contribution < 1.29 is 26.7 Å². The average Bonchev–Trinajstić information content (AvgIpc) is 2.46. The number of rotatable bonds is 5. The van der Waals surface area contributed by atoms with E-state index in [1.54, 1.807) is 0 Å². The van der Waals surface area contributed by atoms with E-state index in [1.807, 2.05) is 0 Å². The quantitative estimate of drug-likeness (QED) is 0.877. The maximum Gasteiger partial charge on any atom is 0.387 e. The molecule has 1 amide bonds. The van der Waals surface area contributed by atoms with Gasteiger partial charge in [-0.3, -0.25) is 4.79 Å². The first-order chi connectivity index (χ1) is 10.8. The highest BCUT2D eigenvalue weighted by atomic mass is 32.2. The molecular weight excluding hydrogens is 330 g/mol. The van der Waals surface area contributed by atoms with E-state index < -0.39 is 16.6 Å². The molecule has 128 valence electrons. The molecule has 0 aliphatic carbocycles. The first-order valence-electron chi connectivity index (χ1n) is 7.12. The molecule has 0 bridgehead atoms. The smallest absolute Gasteiger partial charge is 0.387 e. The van der Waals surface area contributed by atoms with Crippen molar-refractivity contribution in [2.45, 2.75) is 37.3 Å². The van der Waals surface area contributed by atoms with Crippen molar-refractivity contribution in [2.75, 3.05) is 13.1 Å². The summed E-state index contributed by atoms with van der Waals surface area (Å²) in [7, 11) is -3.98. The molecule has 1 aliphatic heterocycles. The summed E-state index contributed by atoms with van der Waals surface area (Å²) in [5.74, 6) is -0.625. The Bertz CT molecular complexity index is 666. The molecule has 1 N–H and O–H groups in total. The Morgan fingerprint density at radius 2 is 2.09 bits per heavy atom. The monoisotopic (exact) mass is 348 g/mol. The van der Waals surface area contributed by atoms with Gasteiger partial charge in [0.1, 0.15) is 10.6 Å². The summed E-state index contributed by atoms with van der Waals surface area (Å²) in [6, 6.07) is 5.00. The van der Waals surface area contributed by atoms with Crippen LogP contribution in [0.25, 0.3) is 0 Å². The standard InChI is InChI=1S/C14H18F2N2O4S/c1-10(19)17-11-5-4-8-18(9-11)23(20,21)13-7-3-2-6-12(13)22-14(15)16/h2-3,6-7,11,14H,4-5,8-9H2,1H3,(H,17,19). The van der Waals surface area contributed by atoms with Gasteiger partial charge in [-0.1, -0.05) is 12.1 Å². The number of carbonyl (C=O) groups is 1. The van der Waals surface area contributed by atoms with Gasteiger partial charge in [0.25, 0.3) is 0 Å². The number of benzene rings is 1. The summed E-state index contributed by atoms with van der Waals surface area (Å²) >= 11 is 0. The molecule has 2 rings (SSSR count). The van der Waals surface area contributed by atoms with Gasteiger partial charge >= 0.3 is 6.61 Å². The second-order valence-corrected chi connectivity index (χ2v) is 7.13. The molecule has 1 heterocycles. The van der Waals surface area contributed by atoms with Crippen molar-refractivity contribution in [2.24, 2.45) is 0 Å². The summed E-state index contributed by atoms with van der Waals surface area (Å²) in [6.45, 7) is -1.38. The third kappa shape index (κ3) is 4.38. The number of sulfonamides is 1. The van der Waals surface area contributed by atoms with Gasteiger partial charge in [-0.2, -0.15) is 13.1 Å². The number of nitrogens with one attached hydrogen (secondary N) is 1. The minimum atomic E-state index is -3.98. The Hall–Kier alpha value is -1.74. The van der Waals surface area contributed by atoms with E-state index in [4.69, 9.17) is 0 Å². The Balaban J connectivity index is 2.26. The van der Waals surface area contributed by atoms with Gasteiger partial charge in [-0.05, 0) is 25.0 Å². The zero-order valence-electron chi connectivity index (χ0n) is 12.5. The zero-order valence-corrected chi connectivity index (χ0v) is 13.4. The Labute approximate surface area is 133 Å². The summed E-state index contributed by atoms with van der Waals surface area (Å²) in [4.78, 5) is 10.8. The molecule has 1 saturated heterocycles. The van der Waals surface area contributed by atoms with Gasteiger partial charge in [0.2, 0.25) is 15.9 Å². The van der Waals surface area contributed by atoms with Crippen molar-refractivity contribution >= 4 is 15.9 Å². The lowest BCUT2D eigenvalue weighted by Gasteiger charge is -2.32. The summed E-state index contributed by atoms with van der Waals surface area (Å²) in [5, 5.41) is 2.69. The highest BCUT2D eigenvalue weighted by molar-refractivity contribution is 7.89. The number of halogens is 2. The average molecular weight is 348 g/mol. The van der Waals surface area contributed by atoms with Crippen LogP contribution in [0.2, 0.25) is 0 Å². The molecule has 1 aliphatic rings. The fourth-order valence-electron chi connectivity index (χ4n) is 2.56. The molecule has 1 unspecified atom stereocenters. The van der Waals surface area contributed by atoms with Crippen molar-refractivity contribution in [3.05, 3.63) is 24.3 Å². The minimum Gasteiger partial charge on any atom is -0.433 e. The fraction of sp³-hybridized carbons (Fsp3) is 0.500. The normalized spacial score (nSPS) is 19.6. The minimum absolute atomic E-state index is 0.102. The number of hydrogen-bond donors (Lipinski definition) is 1. The fourth-order valence-corrected chi connectivity index (χ4v) is 4.21. The maximum atomic E-state index is 12.7. The van der Waals surface area contributed by atoms with E-state index in [0.29, 0.717) is 12.8 Å². The number of amides is 1. The van der Waals surface area contributed by atoms with Gasteiger partial charge in [-0.25, -0.2) is 8.42 Å². The summed E-state index contributed by atoms with van der Waals surface area (Å²) < 4.78 is 55.8. The molecule has 1 aromatic rings. The number of hydrogen-bond acceptors (Lipinski definition) is 4. The maximum absolute atomic E-state index is 12.7. The molecule has 9 heteroatoms. The Morgan fingerprint density at radius 1 is 1.39 bits per heavy atom. The topological polar surface area (TPSA) is 75.7 Å². The van der Waals surface area contributed by atoms with E-state index in [2.05, 4.69) is 10.1 Å². The number of para-hydroxylation sites is 1. The van der Waals surface area contributed by atoms with Crippen LogP contribution < -0.4 is 10.1 Å². The summed E-state index contributed by atoms with van der Waals surface area (Å²) in [5.41, 5.74) is 0. The first-order valence-corrected chi connectivity index (χ1v) is 8.56. The van der Waals surface area contributed by atoms with Gasteiger partial charge < -0.3 is 10.1 Å². The second kappa shape index (κ2) is 7.22. The molecule has 1 atom stereocenters. The predicted octanol–water partition coefficient (Wildman–Crippen LogP) is 1.58. The molecule has 23 heavy (non-hydrogen) atoms. The molecule has 0 saturated carbocycles. The zero-order chi connectivity index (χ0) is 17.0. The van der Waals surface area contributed by atoms with Gasteiger partial charge in [-0.15, -0.1) is 0 Å². The van der Waals surface area contributed by atoms with Crippen LogP contribution in [0.1, 0.15) is 19.8 Å². The molecule has 6 nitrogen and oxygen atoms in total. The van der Waals surface area contributed by atoms with E-state index in [1.165, 1.54) is 35.5 Å². The third-order valence-corrected chi connectivity index (χ3v) is 5.38. The molecule has 0 aromatic heterocycles. The largest absolute Gasteiger partial charge is 0.433 e. The number of ether oxygens (including phenoxy) is 1. The van der Waals surface area contributed by atoms with Crippen LogP contribution >= 0.6 is 0 Å². The molecule has 0 radical (unpaired) electrons. The third-order valence-electron chi connectivity index (χ3n) is 3.47. The highest BCUT2D eigenvalue weighted by Crippen LogP contribution is 2.29. The first kappa shape index (κ1) is 17.6. The molecule has 1 aromatic carbocycles. The van der Waals surface area contributed by atoms with E-state index in [-0.39, 0.29) is 35.7 Å². The van der Waals surface area contributed by atoms with Gasteiger partial charge in [0.05, 0.1) is 0 Å². The van der Waals surface area contributed by atoms with Crippen LogP contribution in [-0.4, -0.2) is 44.4 Å². The highest BCUT2D eigenvalue weighted by Gasteiger charge is 2.32. The molecule has 0 spiro atoms. The van der Waals surface area contributed by atoms with E-state index in [9.17, 15) is 22.0 Å². The Morgan fingerprint density at radius 3 is 2.74 bits per heavy atom. The lowest BCUT2D eigenvalue weighted by atomic mass is 10.1. The van der Waals surface area contributed by atoms with Crippen molar-refractivity contribution in [1.82, 2.24) is 9.62 Å². The van der Waals surface area contributed by atoms with Crippen LogP contribution in [0.3, 0.4) is 0 Å². The number of piperidine rings is 1. The molecular formula is C14H18F2N2O4S. The summed E-state index contributed by atoms with van der Waals surface area (Å²) in [6.07, 6.45) is 1.24. The van der Waals surface area contributed by atoms with Crippen LogP contribution in [0.5, 0.6) is 5.75 Å². The lowest BCUT2D eigenvalue weighted by molar-refractivity contribution is -0.119. The number of alkyl halides is 2. The van der Waals surface area contributed by atoms with E-state index in [0.717, 1.165) is 0 Å².